The summed E-state index contributed by atoms with van der Waals surface area (Å²) in [5, 5.41) is 0. The fraction of sp³-hybridized carbons (Fsp3) is 1.00. The van der Waals surface area contributed by atoms with Gasteiger partial charge in [0.1, 0.15) is 4.66 Å². The van der Waals surface area contributed by atoms with Crippen molar-refractivity contribution in [3.63, 3.8) is 0 Å². The van der Waals surface area contributed by atoms with Crippen molar-refractivity contribution in [3.8, 4) is 0 Å². The van der Waals surface area contributed by atoms with E-state index in [0.29, 0.717) is 0 Å². The van der Waals surface area contributed by atoms with E-state index in [9.17, 15) is 8.42 Å². The largest absolute Gasteiger partial charge is 0.285 e. The second-order valence-corrected chi connectivity index (χ2v) is 3.45. The van der Waals surface area contributed by atoms with Gasteiger partial charge in [0.15, 0.2) is 0 Å². The number of alkyl halides is 1. The lowest BCUT2D eigenvalue weighted by molar-refractivity contribution is 0.489. The Labute approximate surface area is 44.2 Å². The third kappa shape index (κ3) is 4.39. The lowest BCUT2D eigenvalue weighted by atomic mass is 11.9. The molecule has 0 unspecified atom stereocenters. The first-order chi connectivity index (χ1) is 2.56. The Morgan fingerprint density at radius 3 is 1.83 bits per heavy atom. The van der Waals surface area contributed by atoms with E-state index in [0.717, 1.165) is 0 Å². The van der Waals surface area contributed by atoms with E-state index >= 15 is 0 Å². The molecule has 0 aliphatic heterocycles. The van der Waals surface area contributed by atoms with Gasteiger partial charge in [0, 0.05) is 0 Å². The molecule has 0 atom stereocenters. The van der Waals surface area contributed by atoms with Gasteiger partial charge < -0.3 is 0 Å². The molecule has 0 aliphatic rings. The molecule has 0 saturated heterocycles. The van der Waals surface area contributed by atoms with Crippen LogP contribution in [0.4, 0.5) is 0 Å². The van der Waals surface area contributed by atoms with Crippen molar-refractivity contribution in [1.29, 1.82) is 0 Å². The summed E-state index contributed by atoms with van der Waals surface area (Å²) in [4.78, 5) is 0. The second-order valence-electron chi connectivity index (χ2n) is 0.691. The minimum Gasteiger partial charge on any atom is -0.285 e. The number of rotatable bonds is 1. The fourth-order valence-electron chi connectivity index (χ4n) is 0. The zero-order chi connectivity index (χ0) is 5.21. The van der Waals surface area contributed by atoms with E-state index in [1.165, 1.54) is 0 Å². The Bertz CT molecular complexity index is 113. The molecule has 0 aromatic rings. The summed E-state index contributed by atoms with van der Waals surface area (Å²) < 4.78 is 26.4. The molecule has 5 heteroatoms. The van der Waals surface area contributed by atoms with Crippen molar-refractivity contribution in [2.75, 3.05) is 4.66 Å². The van der Waals surface area contributed by atoms with Crippen LogP contribution in [-0.2, 0) is 10.1 Å². The highest BCUT2D eigenvalue weighted by molar-refractivity contribution is 9.10. The molecular weight excluding hydrogens is 172 g/mol. The molecule has 0 aliphatic carbocycles. The molecule has 0 rings (SSSR count). The first kappa shape index (κ1) is 6.39. The highest BCUT2D eigenvalue weighted by Gasteiger charge is 1.95. The monoisotopic (exact) mass is 174 g/mol. The molecule has 0 aromatic carbocycles. The standard InChI is InChI=1S/CH3BrO3S/c2-1-6(3,4)5/h1H2,(H,3,4,5). The SMILES string of the molecule is O=S(=O)(O)CBr. The first-order valence-electron chi connectivity index (χ1n) is 1.07. The molecule has 0 amide bonds. The summed E-state index contributed by atoms with van der Waals surface area (Å²) >= 11 is 2.53. The maximum atomic E-state index is 9.51. The quantitative estimate of drug-likeness (QED) is 0.458. The first-order valence-corrected chi connectivity index (χ1v) is 3.80. The summed E-state index contributed by atoms with van der Waals surface area (Å²) in [6.45, 7) is 0. The molecule has 0 bridgehead atoms. The van der Waals surface area contributed by atoms with Crippen LogP contribution in [0.15, 0.2) is 0 Å². The summed E-state index contributed by atoms with van der Waals surface area (Å²) in [7, 11) is -3.75. The lowest BCUT2D eigenvalue weighted by Gasteiger charge is -1.78. The molecule has 0 aromatic heterocycles. The Kier molecular flexibility index (Phi) is 2.03. The van der Waals surface area contributed by atoms with Crippen molar-refractivity contribution in [2.45, 2.75) is 0 Å². The van der Waals surface area contributed by atoms with Crippen LogP contribution < -0.4 is 0 Å². The van der Waals surface area contributed by atoms with Gasteiger partial charge >= 0.3 is 0 Å². The van der Waals surface area contributed by atoms with Crippen LogP contribution in [0.5, 0.6) is 0 Å². The smallest absolute Gasteiger partial charge is 0.274 e. The zero-order valence-electron chi connectivity index (χ0n) is 2.76. The number of halogens is 1. The van der Waals surface area contributed by atoms with Gasteiger partial charge in [0.2, 0.25) is 0 Å². The van der Waals surface area contributed by atoms with Gasteiger partial charge in [0.25, 0.3) is 10.1 Å². The third-order valence-electron chi connectivity index (χ3n) is 0.138. The van der Waals surface area contributed by atoms with E-state index < -0.39 is 10.1 Å². The lowest BCUT2D eigenvalue weighted by Crippen LogP contribution is -1.95. The minimum absolute atomic E-state index is 0.389. The van der Waals surface area contributed by atoms with Gasteiger partial charge in [-0.15, -0.1) is 0 Å². The predicted molar refractivity (Wildman–Crippen MR) is 25.3 cm³/mol. The predicted octanol–water partition coefficient (Wildman–Crippen LogP) is 0.227. The van der Waals surface area contributed by atoms with Gasteiger partial charge in [-0.05, 0) is 0 Å². The highest BCUT2D eigenvalue weighted by atomic mass is 79.9. The molecule has 0 spiro atoms. The van der Waals surface area contributed by atoms with Crippen LogP contribution in [0.3, 0.4) is 0 Å². The number of hydrogen-bond acceptors (Lipinski definition) is 2. The molecular formula is CH3BrO3S. The highest BCUT2D eigenvalue weighted by Crippen LogP contribution is 1.86. The maximum absolute atomic E-state index is 9.51. The van der Waals surface area contributed by atoms with Crippen molar-refractivity contribution in [2.24, 2.45) is 0 Å². The Morgan fingerprint density at radius 1 is 1.67 bits per heavy atom. The van der Waals surface area contributed by atoms with Gasteiger partial charge in [0.05, 0.1) is 0 Å². The summed E-state index contributed by atoms with van der Waals surface area (Å²) in [6, 6.07) is 0. The third-order valence-corrected chi connectivity index (χ3v) is 2.15. The molecule has 3 nitrogen and oxygen atoms in total. The van der Waals surface area contributed by atoms with Crippen LogP contribution in [0.2, 0.25) is 0 Å². The van der Waals surface area contributed by atoms with Crippen LogP contribution in [-0.4, -0.2) is 17.6 Å². The summed E-state index contributed by atoms with van der Waals surface area (Å²) in [5.41, 5.74) is 0. The summed E-state index contributed by atoms with van der Waals surface area (Å²) in [6.07, 6.45) is 0. The van der Waals surface area contributed by atoms with E-state index in [-0.39, 0.29) is 4.66 Å². The van der Waals surface area contributed by atoms with Crippen LogP contribution >= 0.6 is 15.9 Å². The van der Waals surface area contributed by atoms with E-state index in [1.807, 2.05) is 0 Å². The molecule has 1 N–H and O–H groups in total. The Balaban J connectivity index is 3.85. The minimum atomic E-state index is -3.75. The van der Waals surface area contributed by atoms with Gasteiger partial charge in [-0.1, -0.05) is 15.9 Å². The van der Waals surface area contributed by atoms with Gasteiger partial charge in [-0.2, -0.15) is 8.42 Å². The van der Waals surface area contributed by atoms with Crippen LogP contribution in [0.1, 0.15) is 0 Å². The van der Waals surface area contributed by atoms with Crippen molar-refractivity contribution < 1.29 is 13.0 Å². The van der Waals surface area contributed by atoms with Crippen LogP contribution in [0, 0.1) is 0 Å². The van der Waals surface area contributed by atoms with E-state index in [2.05, 4.69) is 15.9 Å². The van der Waals surface area contributed by atoms with Crippen LogP contribution in [0.25, 0.3) is 0 Å². The van der Waals surface area contributed by atoms with Gasteiger partial charge in [-0.25, -0.2) is 0 Å². The molecule has 38 valence electrons. The van der Waals surface area contributed by atoms with Gasteiger partial charge in [-0.3, -0.25) is 4.55 Å². The number of hydrogen-bond donors (Lipinski definition) is 1. The average Bonchev–Trinajstić information content (AvgIpc) is 1.35. The molecule has 0 radical (unpaired) electrons. The summed E-state index contributed by atoms with van der Waals surface area (Å²) in [5.74, 6) is 0. The topological polar surface area (TPSA) is 54.4 Å². The molecule has 0 fully saturated rings. The second kappa shape index (κ2) is 1.90. The normalized spacial score (nSPS) is 11.7. The fourth-order valence-corrected chi connectivity index (χ4v) is 0. The average molecular weight is 175 g/mol. The Morgan fingerprint density at radius 2 is 1.83 bits per heavy atom. The molecule has 0 saturated carbocycles. The van der Waals surface area contributed by atoms with E-state index in [4.69, 9.17) is 4.55 Å². The van der Waals surface area contributed by atoms with Crippen molar-refractivity contribution in [3.05, 3.63) is 0 Å². The van der Waals surface area contributed by atoms with Crippen molar-refractivity contribution in [1.82, 2.24) is 0 Å². The van der Waals surface area contributed by atoms with Crippen molar-refractivity contribution >= 4 is 26.0 Å². The zero-order valence-corrected chi connectivity index (χ0v) is 5.16. The van der Waals surface area contributed by atoms with E-state index in [1.54, 1.807) is 0 Å². The molecule has 0 heterocycles. The Hall–Kier alpha value is 0.390. The maximum Gasteiger partial charge on any atom is 0.274 e. The molecule has 6 heavy (non-hydrogen) atoms.